The second kappa shape index (κ2) is 6.59. The van der Waals surface area contributed by atoms with Crippen molar-refractivity contribution >= 4 is 11.5 Å². The fraction of sp³-hybridized carbons (Fsp3) is 0.471. The van der Waals surface area contributed by atoms with E-state index in [0.29, 0.717) is 31.1 Å². The van der Waals surface area contributed by atoms with E-state index in [1.807, 2.05) is 36.3 Å². The van der Waals surface area contributed by atoms with Gasteiger partial charge in [0.2, 0.25) is 0 Å². The predicted octanol–water partition coefficient (Wildman–Crippen LogP) is 2.32. The standard InChI is InChI=1S/C17H21N5O2/c1-17(2)11-23-16(24-12-17)10-22-9-15(19-20-22)21(3)14-6-4-5-13(7-14)8-18/h4-7,9,16H,10-12H2,1-3H3. The molecule has 0 N–H and O–H groups in total. The summed E-state index contributed by atoms with van der Waals surface area (Å²) < 4.78 is 13.2. The number of hydrogen-bond acceptors (Lipinski definition) is 6. The van der Waals surface area contributed by atoms with E-state index in [4.69, 9.17) is 14.7 Å². The van der Waals surface area contributed by atoms with Gasteiger partial charge in [0.25, 0.3) is 0 Å². The molecule has 3 rings (SSSR count). The molecular weight excluding hydrogens is 306 g/mol. The van der Waals surface area contributed by atoms with Crippen LogP contribution in [0.25, 0.3) is 0 Å². The average molecular weight is 327 g/mol. The number of rotatable bonds is 4. The summed E-state index contributed by atoms with van der Waals surface area (Å²) in [6.45, 7) is 6.05. The molecule has 1 aliphatic rings. The highest BCUT2D eigenvalue weighted by molar-refractivity contribution is 5.60. The molecule has 0 unspecified atom stereocenters. The van der Waals surface area contributed by atoms with Crippen LogP contribution in [0.5, 0.6) is 0 Å². The van der Waals surface area contributed by atoms with E-state index in [1.54, 1.807) is 10.7 Å². The molecule has 0 amide bonds. The van der Waals surface area contributed by atoms with Crippen LogP contribution in [0.4, 0.5) is 11.5 Å². The topological polar surface area (TPSA) is 76.2 Å². The molecule has 1 aliphatic heterocycles. The van der Waals surface area contributed by atoms with E-state index >= 15 is 0 Å². The molecule has 2 heterocycles. The molecule has 1 aromatic heterocycles. The number of aromatic nitrogens is 3. The first kappa shape index (κ1) is 16.4. The van der Waals surface area contributed by atoms with Gasteiger partial charge < -0.3 is 14.4 Å². The fourth-order valence-corrected chi connectivity index (χ4v) is 2.43. The van der Waals surface area contributed by atoms with Gasteiger partial charge in [0, 0.05) is 18.2 Å². The Balaban J connectivity index is 1.66. The van der Waals surface area contributed by atoms with E-state index in [0.717, 1.165) is 5.69 Å². The van der Waals surface area contributed by atoms with Gasteiger partial charge in [-0.3, -0.25) is 0 Å². The largest absolute Gasteiger partial charge is 0.350 e. The van der Waals surface area contributed by atoms with Crippen molar-refractivity contribution < 1.29 is 9.47 Å². The Morgan fingerprint density at radius 2 is 2.12 bits per heavy atom. The van der Waals surface area contributed by atoms with Crippen LogP contribution in [-0.2, 0) is 16.0 Å². The third-order valence-corrected chi connectivity index (χ3v) is 3.89. The number of hydrogen-bond donors (Lipinski definition) is 0. The molecule has 1 aromatic carbocycles. The maximum Gasteiger partial charge on any atom is 0.177 e. The SMILES string of the molecule is CN(c1cccc(C#N)c1)c1cn(CC2OCC(C)(C)CO2)nn1. The summed E-state index contributed by atoms with van der Waals surface area (Å²) in [5.41, 5.74) is 1.54. The number of benzene rings is 1. The Morgan fingerprint density at radius 3 is 2.83 bits per heavy atom. The van der Waals surface area contributed by atoms with Gasteiger partial charge >= 0.3 is 0 Å². The van der Waals surface area contributed by atoms with Gasteiger partial charge in [-0.2, -0.15) is 5.26 Å². The van der Waals surface area contributed by atoms with Crippen LogP contribution in [0, 0.1) is 16.7 Å². The molecule has 1 fully saturated rings. The Bertz CT molecular complexity index is 739. The summed E-state index contributed by atoms with van der Waals surface area (Å²) in [5, 5.41) is 17.3. The first-order chi connectivity index (χ1) is 11.5. The molecular formula is C17H21N5O2. The molecule has 0 spiro atoms. The quantitative estimate of drug-likeness (QED) is 0.858. The maximum absolute atomic E-state index is 9.01. The van der Waals surface area contributed by atoms with Crippen LogP contribution in [-0.4, -0.2) is 41.5 Å². The van der Waals surface area contributed by atoms with Gasteiger partial charge in [-0.1, -0.05) is 25.1 Å². The Hall–Kier alpha value is -2.43. The fourth-order valence-electron chi connectivity index (χ4n) is 2.43. The van der Waals surface area contributed by atoms with Crippen molar-refractivity contribution in [2.75, 3.05) is 25.2 Å². The summed E-state index contributed by atoms with van der Waals surface area (Å²) in [6.07, 6.45) is 1.53. The summed E-state index contributed by atoms with van der Waals surface area (Å²) in [5.74, 6) is 0.696. The van der Waals surface area contributed by atoms with Crippen LogP contribution in [0.2, 0.25) is 0 Å². The Labute approximate surface area is 141 Å². The van der Waals surface area contributed by atoms with Crippen molar-refractivity contribution in [2.45, 2.75) is 26.7 Å². The summed E-state index contributed by atoms with van der Waals surface area (Å²) >= 11 is 0. The second-order valence-corrected chi connectivity index (χ2v) is 6.74. The van der Waals surface area contributed by atoms with E-state index < -0.39 is 0 Å². The normalized spacial score (nSPS) is 17.4. The lowest BCUT2D eigenvalue weighted by atomic mass is 9.96. The number of ether oxygens (including phenoxy) is 2. The van der Waals surface area contributed by atoms with Crippen LogP contribution in [0.3, 0.4) is 0 Å². The van der Waals surface area contributed by atoms with Crippen molar-refractivity contribution in [3.05, 3.63) is 36.0 Å². The Kier molecular flexibility index (Phi) is 4.51. The highest BCUT2D eigenvalue weighted by Crippen LogP contribution is 2.24. The third-order valence-electron chi connectivity index (χ3n) is 3.89. The first-order valence-corrected chi connectivity index (χ1v) is 7.84. The second-order valence-electron chi connectivity index (χ2n) is 6.74. The molecule has 0 radical (unpaired) electrons. The van der Waals surface area contributed by atoms with Crippen molar-refractivity contribution in [1.82, 2.24) is 15.0 Å². The maximum atomic E-state index is 9.01. The van der Waals surface area contributed by atoms with Gasteiger partial charge in [-0.25, -0.2) is 4.68 Å². The average Bonchev–Trinajstić information content (AvgIpc) is 3.04. The van der Waals surface area contributed by atoms with Crippen molar-refractivity contribution in [2.24, 2.45) is 5.41 Å². The summed E-state index contributed by atoms with van der Waals surface area (Å²) in [6, 6.07) is 9.50. The van der Waals surface area contributed by atoms with Crippen molar-refractivity contribution in [3.63, 3.8) is 0 Å². The molecule has 7 nitrogen and oxygen atoms in total. The van der Waals surface area contributed by atoms with E-state index in [2.05, 4.69) is 30.2 Å². The number of anilines is 2. The summed E-state index contributed by atoms with van der Waals surface area (Å²) in [4.78, 5) is 1.88. The lowest BCUT2D eigenvalue weighted by Crippen LogP contribution is -2.39. The molecule has 7 heteroatoms. The molecule has 0 atom stereocenters. The lowest BCUT2D eigenvalue weighted by molar-refractivity contribution is -0.227. The van der Waals surface area contributed by atoms with Crippen molar-refractivity contribution in [3.8, 4) is 6.07 Å². The minimum absolute atomic E-state index is 0.0516. The minimum atomic E-state index is -0.306. The summed E-state index contributed by atoms with van der Waals surface area (Å²) in [7, 11) is 1.89. The van der Waals surface area contributed by atoms with Gasteiger partial charge in [0.15, 0.2) is 12.1 Å². The smallest absolute Gasteiger partial charge is 0.177 e. The lowest BCUT2D eigenvalue weighted by Gasteiger charge is -2.34. The van der Waals surface area contributed by atoms with E-state index in [-0.39, 0.29) is 11.7 Å². The number of nitriles is 1. The molecule has 126 valence electrons. The zero-order valence-corrected chi connectivity index (χ0v) is 14.1. The number of nitrogens with zero attached hydrogens (tertiary/aromatic N) is 5. The zero-order chi connectivity index (χ0) is 17.2. The van der Waals surface area contributed by atoms with Gasteiger partial charge in [-0.05, 0) is 18.2 Å². The predicted molar refractivity (Wildman–Crippen MR) is 88.7 cm³/mol. The molecule has 0 bridgehead atoms. The first-order valence-electron chi connectivity index (χ1n) is 7.84. The van der Waals surface area contributed by atoms with Crippen LogP contribution < -0.4 is 4.90 Å². The van der Waals surface area contributed by atoms with Crippen LogP contribution in [0.15, 0.2) is 30.5 Å². The molecule has 0 saturated carbocycles. The molecule has 0 aliphatic carbocycles. The van der Waals surface area contributed by atoms with Crippen LogP contribution in [0.1, 0.15) is 19.4 Å². The van der Waals surface area contributed by atoms with Gasteiger partial charge in [0.1, 0.15) is 0 Å². The minimum Gasteiger partial charge on any atom is -0.350 e. The third kappa shape index (κ3) is 3.72. The molecule has 24 heavy (non-hydrogen) atoms. The van der Waals surface area contributed by atoms with Crippen LogP contribution >= 0.6 is 0 Å². The van der Waals surface area contributed by atoms with Gasteiger partial charge in [0.05, 0.1) is 37.6 Å². The van der Waals surface area contributed by atoms with E-state index in [1.165, 1.54) is 0 Å². The highest BCUT2D eigenvalue weighted by atomic mass is 16.7. The molecule has 2 aromatic rings. The van der Waals surface area contributed by atoms with E-state index in [9.17, 15) is 0 Å². The monoisotopic (exact) mass is 327 g/mol. The zero-order valence-electron chi connectivity index (χ0n) is 14.1. The highest BCUT2D eigenvalue weighted by Gasteiger charge is 2.28. The Morgan fingerprint density at radius 1 is 1.38 bits per heavy atom. The van der Waals surface area contributed by atoms with Gasteiger partial charge in [-0.15, -0.1) is 5.10 Å². The molecule has 1 saturated heterocycles. The van der Waals surface area contributed by atoms with Crippen molar-refractivity contribution in [1.29, 1.82) is 5.26 Å².